The summed E-state index contributed by atoms with van der Waals surface area (Å²) in [5, 5.41) is 9.88. The number of piperidine rings is 2. The fraction of sp³-hybridized carbons (Fsp3) is 0.500. The number of hydrogen-bond acceptors (Lipinski definition) is 7. The maximum Gasteiger partial charge on any atom is 0.258 e. The van der Waals surface area contributed by atoms with Gasteiger partial charge in [-0.2, -0.15) is 5.10 Å². The molecule has 0 radical (unpaired) electrons. The van der Waals surface area contributed by atoms with Crippen LogP contribution in [-0.2, 0) is 22.4 Å². The van der Waals surface area contributed by atoms with E-state index in [0.717, 1.165) is 67.9 Å². The number of alkyl halides is 2. The van der Waals surface area contributed by atoms with Crippen LogP contribution in [0.3, 0.4) is 0 Å². The fourth-order valence-corrected chi connectivity index (χ4v) is 9.04. The van der Waals surface area contributed by atoms with Crippen molar-refractivity contribution in [3.63, 3.8) is 0 Å². The van der Waals surface area contributed by atoms with E-state index in [2.05, 4.69) is 42.4 Å². The molecule has 3 atom stereocenters. The van der Waals surface area contributed by atoms with Crippen molar-refractivity contribution in [1.29, 1.82) is 0 Å². The van der Waals surface area contributed by atoms with Crippen LogP contribution in [0.4, 0.5) is 14.5 Å². The van der Waals surface area contributed by atoms with E-state index in [4.69, 9.17) is 4.98 Å². The van der Waals surface area contributed by atoms with E-state index in [1.807, 2.05) is 35.2 Å². The van der Waals surface area contributed by atoms with Gasteiger partial charge in [0.25, 0.3) is 11.8 Å². The lowest BCUT2D eigenvalue weighted by atomic mass is 9.87. The van der Waals surface area contributed by atoms with Crippen molar-refractivity contribution < 1.29 is 23.2 Å². The molecule has 3 N–H and O–H groups in total. The molecule has 0 spiro atoms. The molecule has 5 aliphatic rings. The normalized spacial score (nSPS) is 26.6. The van der Waals surface area contributed by atoms with E-state index in [1.54, 1.807) is 6.92 Å². The molecule has 4 fully saturated rings. The van der Waals surface area contributed by atoms with Crippen molar-refractivity contribution in [3.05, 3.63) is 64.8 Å². The standard InChI is InChI=1S/C38H42F2N8O3/c1-37-20-30-27(19-31(37)38(37,39)40)33(45-44-30)34-41-28-8-4-24(18-29(28)42-34)36(51)48-16-14-46(15-17-48)21-22-10-12-47(13-11-22)25-5-2-23(3-6-25)26-7-9-32(49)43-35(26)50/h2-6,8,18,22,26,31H,7,9-17,19-21H2,1H3,(H,41,42)(H,44,45)(H,43,49,50)/t26?,31-,37+/m0/s1. The summed E-state index contributed by atoms with van der Waals surface area (Å²) in [6, 6.07) is 13.7. The van der Waals surface area contributed by atoms with Crippen molar-refractivity contribution in [2.24, 2.45) is 17.3 Å². The van der Waals surface area contributed by atoms with Crippen LogP contribution in [-0.4, -0.2) is 99.4 Å². The molecule has 51 heavy (non-hydrogen) atoms. The summed E-state index contributed by atoms with van der Waals surface area (Å²) in [7, 11) is 0. The highest BCUT2D eigenvalue weighted by atomic mass is 19.3. The van der Waals surface area contributed by atoms with Crippen molar-refractivity contribution >= 4 is 34.4 Å². The van der Waals surface area contributed by atoms with E-state index in [0.29, 0.717) is 54.4 Å². The third-order valence-corrected chi connectivity index (χ3v) is 12.4. The predicted octanol–water partition coefficient (Wildman–Crippen LogP) is 4.52. The molecule has 1 saturated carbocycles. The van der Waals surface area contributed by atoms with Crippen molar-refractivity contribution in [2.45, 2.75) is 57.3 Å². The average Bonchev–Trinajstić information content (AvgIpc) is 3.52. The Morgan fingerprint density at radius 1 is 0.980 bits per heavy atom. The fourth-order valence-electron chi connectivity index (χ4n) is 9.04. The van der Waals surface area contributed by atoms with Crippen LogP contribution in [0.5, 0.6) is 0 Å². The van der Waals surface area contributed by atoms with E-state index >= 15 is 0 Å². The second kappa shape index (κ2) is 12.0. The predicted molar refractivity (Wildman–Crippen MR) is 186 cm³/mol. The van der Waals surface area contributed by atoms with Crippen molar-refractivity contribution in [1.82, 2.24) is 35.3 Å². The van der Waals surface area contributed by atoms with Gasteiger partial charge in [0.2, 0.25) is 11.8 Å². The number of nitrogens with zero attached hydrogens (tertiary/aromatic N) is 5. The average molecular weight is 697 g/mol. The molecule has 3 amide bonds. The summed E-state index contributed by atoms with van der Waals surface area (Å²) >= 11 is 0. The molecule has 266 valence electrons. The Morgan fingerprint density at radius 3 is 2.49 bits per heavy atom. The van der Waals surface area contributed by atoms with Crippen LogP contribution in [0.1, 0.15) is 65.7 Å². The van der Waals surface area contributed by atoms with E-state index in [-0.39, 0.29) is 36.5 Å². The Bertz CT molecular complexity index is 2030. The van der Waals surface area contributed by atoms with E-state index < -0.39 is 17.3 Å². The molecule has 5 heterocycles. The number of hydrogen-bond donors (Lipinski definition) is 3. The minimum atomic E-state index is -2.66. The van der Waals surface area contributed by atoms with Crippen LogP contribution in [0.15, 0.2) is 42.5 Å². The van der Waals surface area contributed by atoms with E-state index in [9.17, 15) is 23.2 Å². The third kappa shape index (κ3) is 5.51. The highest BCUT2D eigenvalue weighted by Gasteiger charge is 2.78. The summed E-state index contributed by atoms with van der Waals surface area (Å²) < 4.78 is 28.9. The van der Waals surface area contributed by atoms with Gasteiger partial charge in [-0.15, -0.1) is 0 Å². The number of imidazole rings is 1. The molecular formula is C38H42F2N8O3. The van der Waals surface area contributed by atoms with Crippen molar-refractivity contribution in [2.75, 3.05) is 50.7 Å². The SMILES string of the molecule is C[C@@]12Cc3[nH]nc(-c4nc5ccc(C(=O)N6CCN(CC7CCN(c8ccc(C9CCC(=O)NC9=O)cc8)CC7)CC6)cc5[nH]4)c3C[C@@H]1C2(F)F. The van der Waals surface area contributed by atoms with Crippen molar-refractivity contribution in [3.8, 4) is 11.5 Å². The highest BCUT2D eigenvalue weighted by Crippen LogP contribution is 2.70. The van der Waals surface area contributed by atoms with Gasteiger partial charge in [0.15, 0.2) is 5.82 Å². The number of fused-ring (bicyclic) bond motifs is 3. The first-order chi connectivity index (χ1) is 24.6. The van der Waals surface area contributed by atoms with Crippen LogP contribution in [0.25, 0.3) is 22.6 Å². The van der Waals surface area contributed by atoms with Crippen LogP contribution in [0, 0.1) is 17.3 Å². The lowest BCUT2D eigenvalue weighted by molar-refractivity contribution is -0.134. The number of aromatic nitrogens is 4. The minimum Gasteiger partial charge on any atom is -0.372 e. The van der Waals surface area contributed by atoms with Crippen LogP contribution >= 0.6 is 0 Å². The zero-order chi connectivity index (χ0) is 35.1. The Kier molecular flexibility index (Phi) is 7.57. The Labute approximate surface area is 294 Å². The van der Waals surface area contributed by atoms with Gasteiger partial charge in [-0.25, -0.2) is 13.8 Å². The second-order valence-electron chi connectivity index (χ2n) is 15.4. The number of imide groups is 1. The Hall–Kier alpha value is -4.65. The zero-order valence-electron chi connectivity index (χ0n) is 28.7. The van der Waals surface area contributed by atoms with Crippen LogP contribution < -0.4 is 10.2 Å². The lowest BCUT2D eigenvalue weighted by Crippen LogP contribution is -2.50. The van der Waals surface area contributed by atoms with Gasteiger partial charge in [0.1, 0.15) is 5.69 Å². The number of carbonyl (C=O) groups is 3. The van der Waals surface area contributed by atoms with Gasteiger partial charge in [-0.05, 0) is 67.5 Å². The minimum absolute atomic E-state index is 0.00275. The van der Waals surface area contributed by atoms with Gasteiger partial charge in [-0.3, -0.25) is 29.7 Å². The number of halogens is 2. The monoisotopic (exact) mass is 696 g/mol. The summed E-state index contributed by atoms with van der Waals surface area (Å²) in [6.07, 6.45) is 3.71. The molecule has 3 aliphatic heterocycles. The first-order valence-corrected chi connectivity index (χ1v) is 18.2. The number of carbonyl (C=O) groups excluding carboxylic acids is 3. The molecule has 13 heteroatoms. The van der Waals surface area contributed by atoms with Gasteiger partial charge < -0.3 is 14.8 Å². The molecule has 0 bridgehead atoms. The number of benzene rings is 2. The number of rotatable bonds is 6. The molecule has 4 aromatic rings. The highest BCUT2D eigenvalue weighted by molar-refractivity contribution is 6.01. The smallest absolute Gasteiger partial charge is 0.258 e. The summed E-state index contributed by atoms with van der Waals surface area (Å²) in [4.78, 5) is 52.1. The maximum atomic E-state index is 14.5. The van der Waals surface area contributed by atoms with Gasteiger partial charge >= 0.3 is 0 Å². The third-order valence-electron chi connectivity index (χ3n) is 12.4. The second-order valence-corrected chi connectivity index (χ2v) is 15.4. The quantitative estimate of drug-likeness (QED) is 0.253. The van der Waals surface area contributed by atoms with Gasteiger partial charge in [-0.1, -0.05) is 19.1 Å². The first kappa shape index (κ1) is 32.3. The van der Waals surface area contributed by atoms with E-state index in [1.165, 1.54) is 5.69 Å². The largest absolute Gasteiger partial charge is 0.372 e. The number of nitrogens with one attached hydrogen (secondary N) is 3. The number of anilines is 1. The number of aromatic amines is 2. The topological polar surface area (TPSA) is 130 Å². The number of H-pyrrole nitrogens is 2. The molecule has 2 aromatic heterocycles. The molecular weight excluding hydrogens is 654 g/mol. The Morgan fingerprint density at radius 2 is 1.75 bits per heavy atom. The summed E-state index contributed by atoms with van der Waals surface area (Å²) in [5.41, 5.74) is 5.32. The zero-order valence-corrected chi connectivity index (χ0v) is 28.7. The molecule has 2 aliphatic carbocycles. The molecule has 11 nitrogen and oxygen atoms in total. The number of amides is 3. The number of piperazine rings is 1. The maximum absolute atomic E-state index is 14.5. The van der Waals surface area contributed by atoms with Crippen LogP contribution in [0.2, 0.25) is 0 Å². The molecule has 3 saturated heterocycles. The summed E-state index contributed by atoms with van der Waals surface area (Å²) in [5.74, 6) is -2.85. The lowest BCUT2D eigenvalue weighted by Gasteiger charge is -2.39. The summed E-state index contributed by atoms with van der Waals surface area (Å²) in [6.45, 7) is 7.68. The first-order valence-electron chi connectivity index (χ1n) is 18.2. The molecule has 1 unspecified atom stereocenters. The molecule has 9 rings (SSSR count). The Balaban J connectivity index is 0.767. The van der Waals surface area contributed by atoms with Gasteiger partial charge in [0, 0.05) is 92.5 Å². The molecule has 2 aromatic carbocycles. The van der Waals surface area contributed by atoms with Gasteiger partial charge in [0.05, 0.1) is 17.0 Å².